The fraction of sp³-hybridized carbons (Fsp3) is 0.650. The van der Waals surface area contributed by atoms with Crippen LogP contribution in [-0.2, 0) is 4.74 Å². The third-order valence-corrected chi connectivity index (χ3v) is 6.08. The van der Waals surface area contributed by atoms with Crippen molar-refractivity contribution in [3.63, 3.8) is 0 Å². The van der Waals surface area contributed by atoms with Crippen LogP contribution in [0, 0.1) is 0 Å². The van der Waals surface area contributed by atoms with Crippen molar-refractivity contribution in [2.75, 3.05) is 26.8 Å². The van der Waals surface area contributed by atoms with Crippen LogP contribution in [0.1, 0.15) is 45.2 Å². The zero-order valence-corrected chi connectivity index (χ0v) is 17.9. The first-order valence-corrected chi connectivity index (χ1v) is 10.6. The number of fused-ring (bicyclic) bond motifs is 1. The molecule has 2 aromatic heterocycles. The molecule has 2 aliphatic rings. The third-order valence-electron chi connectivity index (χ3n) is 5.91. The summed E-state index contributed by atoms with van der Waals surface area (Å²) in [5.74, 6) is 0.327. The Balaban J connectivity index is 1.86. The van der Waals surface area contributed by atoms with Crippen LogP contribution < -0.4 is 10.4 Å². The molecule has 0 radical (unpaired) electrons. The lowest BCUT2D eigenvalue weighted by molar-refractivity contribution is 0.139. The molecule has 0 amide bonds. The van der Waals surface area contributed by atoms with E-state index < -0.39 is 0 Å². The fourth-order valence-electron chi connectivity index (χ4n) is 4.46. The van der Waals surface area contributed by atoms with E-state index >= 15 is 0 Å². The molecule has 2 aromatic rings. The van der Waals surface area contributed by atoms with Crippen molar-refractivity contribution >= 4 is 22.8 Å². The molecule has 29 heavy (non-hydrogen) atoms. The van der Waals surface area contributed by atoms with Crippen molar-refractivity contribution in [1.29, 1.82) is 0 Å². The van der Waals surface area contributed by atoms with Gasteiger partial charge in [-0.25, -0.2) is 4.79 Å². The summed E-state index contributed by atoms with van der Waals surface area (Å²) < 4.78 is 15.2. The molecule has 4 heterocycles. The summed E-state index contributed by atoms with van der Waals surface area (Å²) in [6.45, 7) is 10.0. The Morgan fingerprint density at radius 1 is 1.34 bits per heavy atom. The lowest BCUT2D eigenvalue weighted by Crippen LogP contribution is -2.39. The monoisotopic (exact) mass is 421 g/mol. The molecule has 0 saturated carbocycles. The van der Waals surface area contributed by atoms with Gasteiger partial charge in [-0.3, -0.25) is 14.0 Å². The van der Waals surface area contributed by atoms with Gasteiger partial charge in [-0.15, -0.1) is 0 Å². The Kier molecular flexibility index (Phi) is 5.68. The molecule has 8 nitrogen and oxygen atoms in total. The second-order valence-corrected chi connectivity index (χ2v) is 8.45. The van der Waals surface area contributed by atoms with Crippen LogP contribution in [0.4, 0.5) is 0 Å². The molecule has 3 atom stereocenters. The van der Waals surface area contributed by atoms with Crippen LogP contribution in [-0.4, -0.2) is 63.0 Å². The largest absolute Gasteiger partial charge is 0.467 e. The van der Waals surface area contributed by atoms with Gasteiger partial charge in [0.1, 0.15) is 6.10 Å². The van der Waals surface area contributed by atoms with Crippen LogP contribution >= 0.6 is 11.6 Å². The zero-order chi connectivity index (χ0) is 20.7. The van der Waals surface area contributed by atoms with Crippen molar-refractivity contribution < 1.29 is 9.47 Å². The Morgan fingerprint density at radius 2 is 2.14 bits per heavy atom. The van der Waals surface area contributed by atoms with E-state index in [0.29, 0.717) is 30.3 Å². The molecule has 0 aromatic carbocycles. The Morgan fingerprint density at radius 3 is 2.72 bits per heavy atom. The topological polar surface area (TPSA) is 74.4 Å². The van der Waals surface area contributed by atoms with E-state index in [2.05, 4.69) is 28.5 Å². The molecular formula is C20H28ClN5O3. The second kappa shape index (κ2) is 8.08. The van der Waals surface area contributed by atoms with Crippen LogP contribution in [0.25, 0.3) is 11.2 Å². The highest BCUT2D eigenvalue weighted by molar-refractivity contribution is 6.28. The lowest BCUT2D eigenvalue weighted by atomic mass is 10.1. The van der Waals surface area contributed by atoms with Crippen LogP contribution in [0.3, 0.4) is 0 Å². The molecule has 0 unspecified atom stereocenters. The predicted molar refractivity (Wildman–Crippen MR) is 112 cm³/mol. The minimum absolute atomic E-state index is 0.0589. The van der Waals surface area contributed by atoms with Crippen LogP contribution in [0.5, 0.6) is 5.88 Å². The number of aromatic nitrogens is 4. The SMILES string of the molecule is C=C[C@H](Oc1nc(Cl)nc2c1n(C(C)C)c(=O)n2[C@@H]1CCOC1)[C@@H]1CCCN1C. The fourth-order valence-corrected chi connectivity index (χ4v) is 4.62. The maximum absolute atomic E-state index is 13.3. The van der Waals surface area contributed by atoms with Gasteiger partial charge in [0.25, 0.3) is 0 Å². The Labute approximate surface area is 175 Å². The molecular weight excluding hydrogens is 394 g/mol. The molecule has 2 saturated heterocycles. The molecule has 158 valence electrons. The first-order valence-electron chi connectivity index (χ1n) is 10.2. The van der Waals surface area contributed by atoms with E-state index in [1.165, 1.54) is 0 Å². The van der Waals surface area contributed by atoms with Gasteiger partial charge in [0, 0.05) is 12.6 Å². The molecule has 0 aliphatic carbocycles. The Hall–Kier alpha value is -1.90. The van der Waals surface area contributed by atoms with Gasteiger partial charge in [0.15, 0.2) is 11.2 Å². The molecule has 2 fully saturated rings. The van der Waals surface area contributed by atoms with Gasteiger partial charge in [0.2, 0.25) is 11.2 Å². The summed E-state index contributed by atoms with van der Waals surface area (Å²) in [7, 11) is 2.08. The van der Waals surface area contributed by atoms with Gasteiger partial charge < -0.3 is 9.47 Å². The minimum Gasteiger partial charge on any atom is -0.467 e. The molecule has 0 N–H and O–H groups in total. The van der Waals surface area contributed by atoms with E-state index in [-0.39, 0.29) is 35.2 Å². The molecule has 9 heteroatoms. The minimum atomic E-state index is -0.259. The number of nitrogens with zero attached hydrogens (tertiary/aromatic N) is 5. The summed E-state index contributed by atoms with van der Waals surface area (Å²) in [6, 6.07) is 0.0536. The first kappa shape index (κ1) is 20.4. The predicted octanol–water partition coefficient (Wildman–Crippen LogP) is 2.82. The normalized spacial score (nSPS) is 23.9. The number of likely N-dealkylation sites (tertiary alicyclic amines) is 1. The van der Waals surface area contributed by atoms with Crippen molar-refractivity contribution in [3.05, 3.63) is 28.4 Å². The van der Waals surface area contributed by atoms with Crippen molar-refractivity contribution in [1.82, 2.24) is 24.0 Å². The van der Waals surface area contributed by atoms with Gasteiger partial charge in [0.05, 0.1) is 18.7 Å². The van der Waals surface area contributed by atoms with E-state index in [1.807, 2.05) is 13.8 Å². The first-order chi connectivity index (χ1) is 13.9. The highest BCUT2D eigenvalue weighted by Crippen LogP contribution is 2.32. The number of rotatable bonds is 6. The number of halogens is 1. The zero-order valence-electron chi connectivity index (χ0n) is 17.2. The van der Waals surface area contributed by atoms with Crippen molar-refractivity contribution in [3.8, 4) is 5.88 Å². The summed E-state index contributed by atoms with van der Waals surface area (Å²) in [5.41, 5.74) is 0.936. The average molecular weight is 422 g/mol. The molecule has 0 bridgehead atoms. The summed E-state index contributed by atoms with van der Waals surface area (Å²) in [5, 5.41) is 0.0589. The van der Waals surface area contributed by atoms with E-state index in [9.17, 15) is 4.79 Å². The van der Waals surface area contributed by atoms with Gasteiger partial charge in [-0.2, -0.15) is 9.97 Å². The maximum Gasteiger partial charge on any atom is 0.331 e. The number of hydrogen-bond donors (Lipinski definition) is 0. The van der Waals surface area contributed by atoms with Gasteiger partial charge in [-0.05, 0) is 64.4 Å². The number of ether oxygens (including phenoxy) is 2. The highest BCUT2D eigenvalue weighted by atomic mass is 35.5. The highest BCUT2D eigenvalue weighted by Gasteiger charge is 2.32. The summed E-state index contributed by atoms with van der Waals surface area (Å²) in [4.78, 5) is 24.4. The number of likely N-dealkylation sites (N-methyl/N-ethyl adjacent to an activating group) is 1. The van der Waals surface area contributed by atoms with Crippen molar-refractivity contribution in [2.24, 2.45) is 0 Å². The Bertz CT molecular complexity index is 963. The molecule has 0 spiro atoms. The lowest BCUT2D eigenvalue weighted by Gasteiger charge is -2.27. The maximum atomic E-state index is 13.3. The van der Waals surface area contributed by atoms with E-state index in [0.717, 1.165) is 25.8 Å². The average Bonchev–Trinajstić information content (AvgIpc) is 3.38. The second-order valence-electron chi connectivity index (χ2n) is 8.11. The van der Waals surface area contributed by atoms with E-state index in [4.69, 9.17) is 21.1 Å². The van der Waals surface area contributed by atoms with E-state index in [1.54, 1.807) is 15.2 Å². The molecule has 2 aliphatic heterocycles. The summed E-state index contributed by atoms with van der Waals surface area (Å²) in [6.07, 6.45) is 4.44. The van der Waals surface area contributed by atoms with Crippen LogP contribution in [0.15, 0.2) is 17.4 Å². The van der Waals surface area contributed by atoms with Crippen LogP contribution in [0.2, 0.25) is 5.28 Å². The van der Waals surface area contributed by atoms with Gasteiger partial charge >= 0.3 is 5.69 Å². The molecule has 4 rings (SSSR count). The summed E-state index contributed by atoms with van der Waals surface area (Å²) >= 11 is 6.26. The van der Waals surface area contributed by atoms with Gasteiger partial charge in [-0.1, -0.05) is 6.58 Å². The third kappa shape index (κ3) is 3.58. The van der Waals surface area contributed by atoms with Crippen molar-refractivity contribution in [2.45, 2.75) is 57.3 Å². The number of imidazole rings is 1. The standard InChI is InChI=1S/C20H28ClN5O3/c1-5-15(14-7-6-9-24(14)4)29-18-16-17(22-19(21)23-18)26(13-8-10-28-11-13)20(27)25(16)12(2)3/h5,12-15H,1,6-11H2,2-4H3/t13-,14+,15+/m1/s1. The quantitative estimate of drug-likeness (QED) is 0.527. The smallest absolute Gasteiger partial charge is 0.331 e. The number of hydrogen-bond acceptors (Lipinski definition) is 6.